The first-order chi connectivity index (χ1) is 14.0. The van der Waals surface area contributed by atoms with Crippen molar-refractivity contribution >= 4 is 52.1 Å². The summed E-state index contributed by atoms with van der Waals surface area (Å²) in [5, 5.41) is 2.79. The summed E-state index contributed by atoms with van der Waals surface area (Å²) < 4.78 is 5.66. The number of ether oxygens (including phenoxy) is 1. The van der Waals surface area contributed by atoms with E-state index in [1.54, 1.807) is 13.2 Å². The zero-order valence-electron chi connectivity index (χ0n) is 16.2. The van der Waals surface area contributed by atoms with Crippen molar-refractivity contribution in [3.63, 3.8) is 0 Å². The molecule has 0 bridgehead atoms. The molecule has 0 aromatic heterocycles. The lowest BCUT2D eigenvalue weighted by atomic mass is 10.2. The number of benzene rings is 1. The lowest BCUT2D eigenvalue weighted by Gasteiger charge is -2.16. The molecule has 154 valence electrons. The van der Waals surface area contributed by atoms with E-state index in [1.165, 1.54) is 16.7 Å². The van der Waals surface area contributed by atoms with Gasteiger partial charge in [-0.1, -0.05) is 42.2 Å². The van der Waals surface area contributed by atoms with Gasteiger partial charge in [-0.3, -0.25) is 19.3 Å². The fraction of sp³-hybridized carbons (Fsp3) is 0.400. The summed E-state index contributed by atoms with van der Waals surface area (Å²) in [5.74, 6) is 0.277. The molecule has 0 radical (unpaired) electrons. The summed E-state index contributed by atoms with van der Waals surface area (Å²) in [7, 11) is 1.57. The molecule has 1 aromatic rings. The van der Waals surface area contributed by atoms with Crippen LogP contribution in [0, 0.1) is 0 Å². The van der Waals surface area contributed by atoms with Crippen LogP contribution in [0.2, 0.25) is 0 Å². The lowest BCUT2D eigenvalue weighted by molar-refractivity contribution is -0.129. The smallest absolute Gasteiger partial charge is 0.266 e. The summed E-state index contributed by atoms with van der Waals surface area (Å²) in [6.07, 6.45) is 3.93. The third-order valence-electron chi connectivity index (χ3n) is 4.70. The molecule has 1 aromatic carbocycles. The number of para-hydroxylation sites is 1. The minimum Gasteiger partial charge on any atom is -0.496 e. The van der Waals surface area contributed by atoms with Gasteiger partial charge < -0.3 is 15.0 Å². The number of rotatable bonds is 8. The fourth-order valence-electron chi connectivity index (χ4n) is 3.20. The van der Waals surface area contributed by atoms with Crippen LogP contribution in [0.1, 0.15) is 24.8 Å². The maximum atomic E-state index is 12.7. The third kappa shape index (κ3) is 5.36. The van der Waals surface area contributed by atoms with Crippen molar-refractivity contribution in [2.45, 2.75) is 19.3 Å². The van der Waals surface area contributed by atoms with Crippen LogP contribution < -0.4 is 10.1 Å². The molecule has 0 unspecified atom stereocenters. The molecule has 0 spiro atoms. The molecule has 2 aliphatic heterocycles. The van der Waals surface area contributed by atoms with Crippen molar-refractivity contribution < 1.29 is 19.1 Å². The van der Waals surface area contributed by atoms with Gasteiger partial charge in [0.2, 0.25) is 11.8 Å². The van der Waals surface area contributed by atoms with Gasteiger partial charge in [0.05, 0.1) is 12.0 Å². The number of methoxy groups -OCH3 is 1. The topological polar surface area (TPSA) is 79.0 Å². The highest BCUT2D eigenvalue weighted by Gasteiger charge is 2.33. The zero-order chi connectivity index (χ0) is 20.8. The van der Waals surface area contributed by atoms with E-state index in [-0.39, 0.29) is 24.3 Å². The van der Waals surface area contributed by atoms with Crippen molar-refractivity contribution in [1.82, 2.24) is 15.1 Å². The van der Waals surface area contributed by atoms with E-state index in [0.717, 1.165) is 18.5 Å². The molecule has 2 fully saturated rings. The third-order valence-corrected chi connectivity index (χ3v) is 6.08. The van der Waals surface area contributed by atoms with Gasteiger partial charge in [-0.05, 0) is 25.0 Å². The molecule has 3 rings (SSSR count). The van der Waals surface area contributed by atoms with Gasteiger partial charge in [0.25, 0.3) is 5.91 Å². The first kappa shape index (κ1) is 21.3. The molecule has 9 heteroatoms. The maximum Gasteiger partial charge on any atom is 0.266 e. The quantitative estimate of drug-likeness (QED) is 0.384. The number of nitrogens with zero attached hydrogens (tertiary/aromatic N) is 2. The number of carbonyl (C=O) groups excluding carboxylic acids is 3. The summed E-state index contributed by atoms with van der Waals surface area (Å²) in [5.41, 5.74) is 0.774. The fourth-order valence-corrected chi connectivity index (χ4v) is 4.45. The molecule has 2 heterocycles. The van der Waals surface area contributed by atoms with Gasteiger partial charge in [0.15, 0.2) is 0 Å². The van der Waals surface area contributed by atoms with Gasteiger partial charge in [-0.15, -0.1) is 0 Å². The number of amides is 3. The molecule has 2 saturated heterocycles. The minimum absolute atomic E-state index is 0.115. The maximum absolute atomic E-state index is 12.7. The van der Waals surface area contributed by atoms with Gasteiger partial charge >= 0.3 is 0 Å². The Labute approximate surface area is 179 Å². The highest BCUT2D eigenvalue weighted by atomic mass is 32.2. The second-order valence-corrected chi connectivity index (χ2v) is 8.37. The average molecular weight is 434 g/mol. The standard InChI is InChI=1S/C20H23N3O4S2/c1-27-15-7-3-2-6-14(15)12-16-19(26)23(20(28)29-16)13-17(24)21-9-5-11-22-10-4-8-18(22)25/h2-3,6-7,12H,4-5,8-11,13H2,1H3,(H,21,24). The van der Waals surface area contributed by atoms with Crippen LogP contribution in [0.25, 0.3) is 6.08 Å². The molecule has 0 atom stereocenters. The number of hydrogen-bond donors (Lipinski definition) is 1. The molecule has 2 aliphatic rings. The Kier molecular flexibility index (Phi) is 7.27. The highest BCUT2D eigenvalue weighted by Crippen LogP contribution is 2.33. The largest absolute Gasteiger partial charge is 0.496 e. The molecule has 0 saturated carbocycles. The number of thioether (sulfide) groups is 1. The van der Waals surface area contributed by atoms with Crippen molar-refractivity contribution in [3.05, 3.63) is 34.7 Å². The molecule has 1 N–H and O–H groups in total. The SMILES string of the molecule is COc1ccccc1C=C1SC(=S)N(CC(=O)NCCCN2CCCC2=O)C1=O. The van der Waals surface area contributed by atoms with Crippen LogP contribution in [0.5, 0.6) is 5.75 Å². The van der Waals surface area contributed by atoms with Crippen LogP contribution in [-0.4, -0.2) is 65.1 Å². The lowest BCUT2D eigenvalue weighted by Crippen LogP contribution is -2.40. The van der Waals surface area contributed by atoms with Gasteiger partial charge in [-0.25, -0.2) is 0 Å². The second kappa shape index (κ2) is 9.89. The summed E-state index contributed by atoms with van der Waals surface area (Å²) in [4.78, 5) is 40.1. The molecule has 29 heavy (non-hydrogen) atoms. The van der Waals surface area contributed by atoms with E-state index < -0.39 is 0 Å². The summed E-state index contributed by atoms with van der Waals surface area (Å²) >= 11 is 6.46. The van der Waals surface area contributed by atoms with Gasteiger partial charge in [0, 0.05) is 31.6 Å². The van der Waals surface area contributed by atoms with Crippen LogP contribution in [-0.2, 0) is 14.4 Å². The minimum atomic E-state index is -0.288. The Balaban J connectivity index is 1.51. The van der Waals surface area contributed by atoms with E-state index in [1.807, 2.05) is 29.2 Å². The molecular formula is C20H23N3O4S2. The van der Waals surface area contributed by atoms with Crippen molar-refractivity contribution in [1.29, 1.82) is 0 Å². The number of nitrogens with one attached hydrogen (secondary N) is 1. The van der Waals surface area contributed by atoms with Crippen LogP contribution in [0.15, 0.2) is 29.2 Å². The van der Waals surface area contributed by atoms with Crippen molar-refractivity contribution in [2.24, 2.45) is 0 Å². The van der Waals surface area contributed by atoms with E-state index in [2.05, 4.69) is 5.32 Å². The molecular weight excluding hydrogens is 410 g/mol. The van der Waals surface area contributed by atoms with Crippen LogP contribution in [0.3, 0.4) is 0 Å². The highest BCUT2D eigenvalue weighted by molar-refractivity contribution is 8.26. The second-order valence-electron chi connectivity index (χ2n) is 6.70. The van der Waals surface area contributed by atoms with Crippen molar-refractivity contribution in [3.8, 4) is 5.75 Å². The summed E-state index contributed by atoms with van der Waals surface area (Å²) in [6.45, 7) is 1.77. The predicted octanol–water partition coefficient (Wildman–Crippen LogP) is 2.03. The Bertz CT molecular complexity index is 856. The van der Waals surface area contributed by atoms with Crippen LogP contribution in [0.4, 0.5) is 0 Å². The first-order valence-corrected chi connectivity index (χ1v) is 10.6. The Morgan fingerprint density at radius 2 is 2.14 bits per heavy atom. The number of carbonyl (C=O) groups is 3. The average Bonchev–Trinajstić information content (AvgIpc) is 3.23. The Hall–Kier alpha value is -2.39. The molecule has 0 aliphatic carbocycles. The van der Waals surface area contributed by atoms with Gasteiger partial charge in [0.1, 0.15) is 16.6 Å². The monoisotopic (exact) mass is 433 g/mol. The van der Waals surface area contributed by atoms with Crippen LogP contribution >= 0.6 is 24.0 Å². The Morgan fingerprint density at radius 3 is 2.86 bits per heavy atom. The van der Waals surface area contributed by atoms with Crippen molar-refractivity contribution in [2.75, 3.05) is 33.3 Å². The zero-order valence-corrected chi connectivity index (χ0v) is 17.8. The summed E-state index contributed by atoms with van der Waals surface area (Å²) in [6, 6.07) is 7.38. The van der Waals surface area contributed by atoms with E-state index in [0.29, 0.717) is 40.9 Å². The molecule has 7 nitrogen and oxygen atoms in total. The van der Waals surface area contributed by atoms with E-state index >= 15 is 0 Å². The number of thiocarbonyl (C=S) groups is 1. The normalized spacial score (nSPS) is 18.1. The number of likely N-dealkylation sites (tertiary alicyclic amines) is 1. The predicted molar refractivity (Wildman–Crippen MR) is 116 cm³/mol. The Morgan fingerprint density at radius 1 is 1.34 bits per heavy atom. The first-order valence-electron chi connectivity index (χ1n) is 9.42. The van der Waals surface area contributed by atoms with Gasteiger partial charge in [-0.2, -0.15) is 0 Å². The van der Waals surface area contributed by atoms with E-state index in [9.17, 15) is 14.4 Å². The number of hydrogen-bond acceptors (Lipinski definition) is 6. The van der Waals surface area contributed by atoms with E-state index in [4.69, 9.17) is 17.0 Å². The molecule has 3 amide bonds.